The Morgan fingerprint density at radius 3 is 2.79 bits per heavy atom. The number of hydrogen-bond acceptors (Lipinski definition) is 3. The van der Waals surface area contributed by atoms with E-state index in [0.29, 0.717) is 4.77 Å². The van der Waals surface area contributed by atoms with Crippen molar-refractivity contribution in [2.45, 2.75) is 26.3 Å². The first-order valence-corrected chi connectivity index (χ1v) is 6.20. The minimum Gasteiger partial charge on any atom is -0.272 e. The van der Waals surface area contributed by atoms with E-state index in [1.807, 2.05) is 18.7 Å². The summed E-state index contributed by atoms with van der Waals surface area (Å²) in [6.07, 6.45) is 0.966. The molecule has 0 saturated heterocycles. The van der Waals surface area contributed by atoms with Crippen LogP contribution in [0.4, 0.5) is 0 Å². The molecule has 0 aliphatic heterocycles. The topological polar surface area (TPSA) is 53.6 Å². The monoisotopic (exact) mass is 233 g/mol. The molecule has 0 spiro atoms. The Bertz CT molecular complexity index is 351. The van der Waals surface area contributed by atoms with Gasteiger partial charge in [-0.15, -0.1) is 0 Å². The Kier molecular flexibility index (Phi) is 4.47. The second-order valence-corrected chi connectivity index (χ2v) is 4.85. The molecule has 80 valence electrons. The van der Waals surface area contributed by atoms with Crippen LogP contribution in [0.15, 0.2) is 4.79 Å². The van der Waals surface area contributed by atoms with Gasteiger partial charge >= 0.3 is 5.69 Å². The second kappa shape index (κ2) is 5.41. The highest BCUT2D eigenvalue weighted by Gasteiger charge is 2.08. The van der Waals surface area contributed by atoms with Crippen LogP contribution in [0.5, 0.6) is 0 Å². The minimum atomic E-state index is -0.149. The molecule has 0 amide bonds. The fourth-order valence-corrected chi connectivity index (χ4v) is 2.36. The molecule has 6 heteroatoms. The quantitative estimate of drug-likeness (QED) is 0.603. The Morgan fingerprint density at radius 1 is 1.57 bits per heavy atom. The van der Waals surface area contributed by atoms with Gasteiger partial charge in [-0.1, -0.05) is 6.92 Å². The number of H-pyrrole nitrogens is 2. The molecule has 2 N–H and O–H groups in total. The third-order valence-electron chi connectivity index (χ3n) is 2.04. The van der Waals surface area contributed by atoms with Gasteiger partial charge < -0.3 is 0 Å². The number of thioether (sulfide) groups is 1. The van der Waals surface area contributed by atoms with Crippen molar-refractivity contribution < 1.29 is 0 Å². The van der Waals surface area contributed by atoms with Crippen LogP contribution in [0.1, 0.15) is 26.3 Å². The van der Waals surface area contributed by atoms with Gasteiger partial charge in [0.25, 0.3) is 0 Å². The molecule has 1 aromatic heterocycles. The van der Waals surface area contributed by atoms with Crippen molar-refractivity contribution in [3.8, 4) is 0 Å². The van der Waals surface area contributed by atoms with Gasteiger partial charge in [-0.3, -0.25) is 9.67 Å². The van der Waals surface area contributed by atoms with Crippen molar-refractivity contribution in [2.75, 3.05) is 11.5 Å². The largest absolute Gasteiger partial charge is 0.342 e. The van der Waals surface area contributed by atoms with E-state index in [1.54, 1.807) is 4.57 Å². The van der Waals surface area contributed by atoms with Crippen molar-refractivity contribution in [1.29, 1.82) is 0 Å². The SMILES string of the molecule is CCSCCC(C)n1c(=O)[nH][nH]c1=S. The number of aromatic amines is 2. The third-order valence-corrected chi connectivity index (χ3v) is 3.27. The van der Waals surface area contributed by atoms with Gasteiger partial charge in [0.2, 0.25) is 0 Å². The maximum atomic E-state index is 11.3. The summed E-state index contributed by atoms with van der Waals surface area (Å²) in [7, 11) is 0. The molecule has 4 nitrogen and oxygen atoms in total. The smallest absolute Gasteiger partial charge is 0.272 e. The first-order valence-electron chi connectivity index (χ1n) is 4.63. The lowest BCUT2D eigenvalue weighted by molar-refractivity contribution is 0.513. The number of aromatic nitrogens is 3. The average Bonchev–Trinajstić information content (AvgIpc) is 2.46. The lowest BCUT2D eigenvalue weighted by Gasteiger charge is -2.10. The summed E-state index contributed by atoms with van der Waals surface area (Å²) in [6.45, 7) is 4.14. The first-order chi connectivity index (χ1) is 6.66. The van der Waals surface area contributed by atoms with Gasteiger partial charge in [-0.05, 0) is 37.1 Å². The van der Waals surface area contributed by atoms with Crippen molar-refractivity contribution >= 4 is 24.0 Å². The molecule has 1 unspecified atom stereocenters. The highest BCUT2D eigenvalue weighted by molar-refractivity contribution is 7.99. The van der Waals surface area contributed by atoms with E-state index in [9.17, 15) is 4.79 Å². The fraction of sp³-hybridized carbons (Fsp3) is 0.750. The van der Waals surface area contributed by atoms with Crippen LogP contribution in [0, 0.1) is 4.77 Å². The molecule has 1 heterocycles. The van der Waals surface area contributed by atoms with Crippen LogP contribution in [0.3, 0.4) is 0 Å². The molecule has 14 heavy (non-hydrogen) atoms. The van der Waals surface area contributed by atoms with Gasteiger partial charge in [0.1, 0.15) is 0 Å². The highest BCUT2D eigenvalue weighted by Crippen LogP contribution is 2.12. The Labute approximate surface area is 92.1 Å². The van der Waals surface area contributed by atoms with Crippen LogP contribution < -0.4 is 5.69 Å². The molecule has 0 aromatic carbocycles. The van der Waals surface area contributed by atoms with E-state index < -0.39 is 0 Å². The van der Waals surface area contributed by atoms with Crippen LogP contribution >= 0.6 is 24.0 Å². The summed E-state index contributed by atoms with van der Waals surface area (Å²) < 4.78 is 2.06. The van der Waals surface area contributed by atoms with E-state index >= 15 is 0 Å². The molecule has 1 atom stereocenters. The molecular formula is C8H15N3OS2. The van der Waals surface area contributed by atoms with E-state index in [4.69, 9.17) is 12.2 Å². The summed E-state index contributed by atoms with van der Waals surface area (Å²) in [4.78, 5) is 11.3. The summed E-state index contributed by atoms with van der Waals surface area (Å²) in [6, 6.07) is 0.163. The van der Waals surface area contributed by atoms with Crippen LogP contribution in [0.2, 0.25) is 0 Å². The maximum Gasteiger partial charge on any atom is 0.342 e. The Morgan fingerprint density at radius 2 is 2.29 bits per heavy atom. The van der Waals surface area contributed by atoms with Gasteiger partial charge in [0.05, 0.1) is 0 Å². The molecular weight excluding hydrogens is 218 g/mol. The van der Waals surface area contributed by atoms with E-state index in [0.717, 1.165) is 17.9 Å². The van der Waals surface area contributed by atoms with Gasteiger partial charge in [0, 0.05) is 6.04 Å². The zero-order valence-electron chi connectivity index (χ0n) is 8.37. The number of nitrogens with one attached hydrogen (secondary N) is 2. The number of rotatable bonds is 5. The van der Waals surface area contributed by atoms with Crippen molar-refractivity contribution in [1.82, 2.24) is 14.8 Å². The predicted molar refractivity (Wildman–Crippen MR) is 62.6 cm³/mol. The second-order valence-electron chi connectivity index (χ2n) is 3.06. The lowest BCUT2D eigenvalue weighted by Crippen LogP contribution is -2.21. The average molecular weight is 233 g/mol. The van der Waals surface area contributed by atoms with E-state index in [2.05, 4.69) is 17.1 Å². The van der Waals surface area contributed by atoms with E-state index in [-0.39, 0.29) is 11.7 Å². The van der Waals surface area contributed by atoms with Gasteiger partial charge in [-0.2, -0.15) is 11.8 Å². The van der Waals surface area contributed by atoms with Crippen LogP contribution in [-0.2, 0) is 0 Å². The van der Waals surface area contributed by atoms with Crippen LogP contribution in [0.25, 0.3) is 0 Å². The summed E-state index contributed by atoms with van der Waals surface area (Å²) in [5.41, 5.74) is -0.149. The highest BCUT2D eigenvalue weighted by atomic mass is 32.2. The Balaban J connectivity index is 2.65. The number of nitrogens with zero attached hydrogens (tertiary/aromatic N) is 1. The standard InChI is InChI=1S/C8H15N3OS2/c1-3-14-5-4-6(2)11-7(12)9-10-8(11)13/h6H,3-5H2,1-2H3,(H,9,12)(H,10,13). The summed E-state index contributed by atoms with van der Waals surface area (Å²) >= 11 is 6.87. The predicted octanol–water partition coefficient (Wildman–Crippen LogP) is 1.94. The van der Waals surface area contributed by atoms with Crippen LogP contribution in [-0.4, -0.2) is 26.3 Å². The normalized spacial score (nSPS) is 13.0. The molecule has 1 aromatic rings. The summed E-state index contributed by atoms with van der Waals surface area (Å²) in [5, 5.41) is 5.12. The van der Waals surface area contributed by atoms with Crippen molar-refractivity contribution in [3.05, 3.63) is 15.3 Å². The lowest BCUT2D eigenvalue weighted by atomic mass is 10.3. The fourth-order valence-electron chi connectivity index (χ4n) is 1.25. The van der Waals surface area contributed by atoms with E-state index in [1.165, 1.54) is 0 Å². The zero-order valence-corrected chi connectivity index (χ0v) is 10.0. The maximum absolute atomic E-state index is 11.3. The Hall–Kier alpha value is -0.490. The molecule has 1 rings (SSSR count). The first kappa shape index (κ1) is 11.6. The molecule has 0 saturated carbocycles. The summed E-state index contributed by atoms with van der Waals surface area (Å²) in [5.74, 6) is 2.17. The van der Waals surface area contributed by atoms with Gasteiger partial charge in [0.15, 0.2) is 4.77 Å². The van der Waals surface area contributed by atoms with Crippen molar-refractivity contribution in [2.24, 2.45) is 0 Å². The van der Waals surface area contributed by atoms with Gasteiger partial charge in [-0.25, -0.2) is 9.89 Å². The molecule has 0 aliphatic rings. The molecule has 0 aliphatic carbocycles. The van der Waals surface area contributed by atoms with Crippen molar-refractivity contribution in [3.63, 3.8) is 0 Å². The molecule has 0 bridgehead atoms. The third kappa shape index (κ3) is 2.75. The number of hydrogen-bond donors (Lipinski definition) is 2. The molecule has 0 fully saturated rings. The molecule has 0 radical (unpaired) electrons. The zero-order chi connectivity index (χ0) is 10.6. The minimum absolute atomic E-state index is 0.149.